The molecule has 0 unspecified atom stereocenters. The normalized spacial score (nSPS) is 11.2. The van der Waals surface area contributed by atoms with Gasteiger partial charge in [0.05, 0.1) is 18.5 Å². The van der Waals surface area contributed by atoms with E-state index in [1.54, 1.807) is 37.3 Å². The van der Waals surface area contributed by atoms with Crippen molar-refractivity contribution in [3.63, 3.8) is 0 Å². The first-order valence-electron chi connectivity index (χ1n) is 8.47. The Morgan fingerprint density at radius 2 is 1.82 bits per heavy atom. The van der Waals surface area contributed by atoms with Crippen LogP contribution >= 0.6 is 23.2 Å². The van der Waals surface area contributed by atoms with Crippen LogP contribution in [0.2, 0.25) is 10.0 Å². The largest absolute Gasteiger partial charge is 0.492 e. The molecule has 0 aliphatic rings. The van der Waals surface area contributed by atoms with Crippen LogP contribution in [0.25, 0.3) is 0 Å². The van der Waals surface area contributed by atoms with Gasteiger partial charge in [-0.15, -0.1) is 0 Å². The Labute approximate surface area is 175 Å². The van der Waals surface area contributed by atoms with E-state index in [9.17, 15) is 13.2 Å². The van der Waals surface area contributed by atoms with Crippen molar-refractivity contribution >= 4 is 44.8 Å². The van der Waals surface area contributed by atoms with Gasteiger partial charge in [-0.2, -0.15) is 0 Å². The number of rotatable bonds is 8. The summed E-state index contributed by atoms with van der Waals surface area (Å²) >= 11 is 12.0. The molecule has 28 heavy (non-hydrogen) atoms. The van der Waals surface area contributed by atoms with Crippen LogP contribution in [0.5, 0.6) is 5.75 Å². The van der Waals surface area contributed by atoms with Crippen molar-refractivity contribution < 1.29 is 17.9 Å². The van der Waals surface area contributed by atoms with E-state index in [1.807, 2.05) is 13.0 Å². The second kappa shape index (κ2) is 9.49. The third-order valence-corrected chi connectivity index (χ3v) is 5.72. The Balaban J connectivity index is 1.94. The highest BCUT2D eigenvalue weighted by atomic mass is 35.5. The zero-order valence-electron chi connectivity index (χ0n) is 15.8. The number of ether oxygens (including phenoxy) is 1. The van der Waals surface area contributed by atoms with Gasteiger partial charge in [-0.1, -0.05) is 29.3 Å². The summed E-state index contributed by atoms with van der Waals surface area (Å²) in [4.78, 5) is 12.2. The predicted molar refractivity (Wildman–Crippen MR) is 113 cm³/mol. The summed E-state index contributed by atoms with van der Waals surface area (Å²) in [5, 5.41) is 3.75. The topological polar surface area (TPSA) is 75.7 Å². The number of benzene rings is 2. The summed E-state index contributed by atoms with van der Waals surface area (Å²) in [7, 11) is -3.65. The monoisotopic (exact) mass is 444 g/mol. The molecule has 0 aliphatic heterocycles. The molecule has 0 bridgehead atoms. The molecule has 152 valence electrons. The third kappa shape index (κ3) is 6.29. The van der Waals surface area contributed by atoms with Gasteiger partial charge < -0.3 is 10.1 Å². The maximum atomic E-state index is 12.2. The summed E-state index contributed by atoms with van der Waals surface area (Å²) in [6.45, 7) is 3.74. The molecule has 2 rings (SSSR count). The second-order valence-electron chi connectivity index (χ2n) is 6.31. The average molecular weight is 445 g/mol. The van der Waals surface area contributed by atoms with Gasteiger partial charge in [-0.3, -0.25) is 9.10 Å². The van der Waals surface area contributed by atoms with Crippen LogP contribution in [0.3, 0.4) is 0 Å². The summed E-state index contributed by atoms with van der Waals surface area (Å²) in [5.74, 6) is 0.157. The van der Waals surface area contributed by atoms with Crippen LogP contribution in [-0.4, -0.2) is 40.3 Å². The molecule has 0 saturated carbocycles. The van der Waals surface area contributed by atoms with E-state index in [-0.39, 0.29) is 19.7 Å². The number of anilines is 1. The van der Waals surface area contributed by atoms with Crippen LogP contribution in [0.15, 0.2) is 36.4 Å². The number of amides is 1. The first-order valence-corrected chi connectivity index (χ1v) is 11.1. The van der Waals surface area contributed by atoms with Crippen LogP contribution in [0, 0.1) is 13.8 Å². The molecule has 2 aromatic carbocycles. The predicted octanol–water partition coefficient (Wildman–Crippen LogP) is 3.57. The number of nitrogens with one attached hydrogen (secondary N) is 1. The Kier molecular flexibility index (Phi) is 7.57. The molecule has 1 amide bonds. The van der Waals surface area contributed by atoms with Crippen LogP contribution in [0.1, 0.15) is 11.1 Å². The molecular formula is C19H22Cl2N2O4S. The molecule has 0 aliphatic carbocycles. The Hall–Kier alpha value is -1.96. The number of aryl methyl sites for hydroxylation is 2. The maximum absolute atomic E-state index is 12.2. The van der Waals surface area contributed by atoms with Crippen molar-refractivity contribution in [3.05, 3.63) is 57.6 Å². The van der Waals surface area contributed by atoms with Crippen molar-refractivity contribution in [1.29, 1.82) is 0 Å². The summed E-state index contributed by atoms with van der Waals surface area (Å²) < 4.78 is 30.9. The molecule has 2 aromatic rings. The molecule has 0 aromatic heterocycles. The second-order valence-corrected chi connectivity index (χ2v) is 9.06. The van der Waals surface area contributed by atoms with E-state index in [4.69, 9.17) is 27.9 Å². The van der Waals surface area contributed by atoms with Gasteiger partial charge in [0.25, 0.3) is 0 Å². The lowest BCUT2D eigenvalue weighted by Gasteiger charge is -2.23. The van der Waals surface area contributed by atoms with Crippen molar-refractivity contribution in [1.82, 2.24) is 5.32 Å². The van der Waals surface area contributed by atoms with Gasteiger partial charge in [-0.05, 0) is 55.3 Å². The van der Waals surface area contributed by atoms with Gasteiger partial charge in [0.15, 0.2) is 0 Å². The fourth-order valence-electron chi connectivity index (χ4n) is 2.49. The number of carbonyl (C=O) groups is 1. The molecule has 1 N–H and O–H groups in total. The Morgan fingerprint density at radius 3 is 2.43 bits per heavy atom. The van der Waals surface area contributed by atoms with Gasteiger partial charge in [0.1, 0.15) is 18.9 Å². The van der Waals surface area contributed by atoms with Crippen LogP contribution in [0.4, 0.5) is 5.69 Å². The van der Waals surface area contributed by atoms with Gasteiger partial charge >= 0.3 is 0 Å². The number of sulfonamides is 1. The van der Waals surface area contributed by atoms with E-state index in [0.29, 0.717) is 27.0 Å². The van der Waals surface area contributed by atoms with Gasteiger partial charge in [0.2, 0.25) is 15.9 Å². The SMILES string of the molecule is Cc1ccc(OCCNC(=O)CN(c2ccc(Cl)cc2C)S(C)(=O)=O)cc1Cl. The fraction of sp³-hybridized carbons (Fsp3) is 0.316. The summed E-state index contributed by atoms with van der Waals surface area (Å²) in [6, 6.07) is 10.1. The van der Waals surface area contributed by atoms with Crippen molar-refractivity contribution in [2.75, 3.05) is 30.3 Å². The quantitative estimate of drug-likeness (QED) is 0.631. The minimum absolute atomic E-state index is 0.224. The molecule has 0 fully saturated rings. The Morgan fingerprint density at radius 1 is 1.11 bits per heavy atom. The average Bonchev–Trinajstić information content (AvgIpc) is 2.59. The maximum Gasteiger partial charge on any atom is 0.240 e. The minimum atomic E-state index is -3.65. The van der Waals surface area contributed by atoms with E-state index in [1.165, 1.54) is 0 Å². The highest BCUT2D eigenvalue weighted by Crippen LogP contribution is 2.25. The first kappa shape index (κ1) is 22.3. The fourth-order valence-corrected chi connectivity index (χ4v) is 3.80. The molecule has 9 heteroatoms. The molecule has 0 saturated heterocycles. The van der Waals surface area contributed by atoms with Gasteiger partial charge in [-0.25, -0.2) is 8.42 Å². The molecule has 6 nitrogen and oxygen atoms in total. The lowest BCUT2D eigenvalue weighted by Crippen LogP contribution is -2.41. The standard InChI is InChI=1S/C19H22Cl2N2O4S/c1-13-4-6-16(11-17(13)21)27-9-8-22-19(24)12-23(28(3,25)26)18-7-5-15(20)10-14(18)2/h4-7,10-11H,8-9,12H2,1-3H3,(H,22,24). The Bertz CT molecular complexity index is 964. The summed E-state index contributed by atoms with van der Waals surface area (Å²) in [5.41, 5.74) is 2.01. The smallest absolute Gasteiger partial charge is 0.240 e. The highest BCUT2D eigenvalue weighted by molar-refractivity contribution is 7.92. The van der Waals surface area contributed by atoms with E-state index >= 15 is 0 Å². The van der Waals surface area contributed by atoms with E-state index in [2.05, 4.69) is 5.32 Å². The zero-order valence-corrected chi connectivity index (χ0v) is 18.2. The van der Waals surface area contributed by atoms with Crippen LogP contribution < -0.4 is 14.4 Å². The molecule has 0 heterocycles. The summed E-state index contributed by atoms with van der Waals surface area (Å²) in [6.07, 6.45) is 1.05. The molecule has 0 radical (unpaired) electrons. The van der Waals surface area contributed by atoms with Crippen molar-refractivity contribution in [2.45, 2.75) is 13.8 Å². The number of hydrogen-bond acceptors (Lipinski definition) is 4. The molecule has 0 atom stereocenters. The highest BCUT2D eigenvalue weighted by Gasteiger charge is 2.22. The van der Waals surface area contributed by atoms with Crippen LogP contribution in [-0.2, 0) is 14.8 Å². The van der Waals surface area contributed by atoms with Gasteiger partial charge in [0, 0.05) is 10.0 Å². The number of carbonyl (C=O) groups excluding carboxylic acids is 1. The number of nitrogens with zero attached hydrogens (tertiary/aromatic N) is 1. The number of halogens is 2. The van der Waals surface area contributed by atoms with Crippen molar-refractivity contribution in [3.8, 4) is 5.75 Å². The third-order valence-electron chi connectivity index (χ3n) is 3.95. The first-order chi connectivity index (χ1) is 13.1. The number of hydrogen-bond donors (Lipinski definition) is 1. The van der Waals surface area contributed by atoms with Crippen molar-refractivity contribution in [2.24, 2.45) is 0 Å². The molecular weight excluding hydrogens is 423 g/mol. The minimum Gasteiger partial charge on any atom is -0.492 e. The zero-order chi connectivity index (χ0) is 20.9. The lowest BCUT2D eigenvalue weighted by atomic mass is 10.2. The lowest BCUT2D eigenvalue weighted by molar-refractivity contribution is -0.119. The molecule has 0 spiro atoms. The van der Waals surface area contributed by atoms with E-state index in [0.717, 1.165) is 16.1 Å². The van der Waals surface area contributed by atoms with E-state index < -0.39 is 15.9 Å².